The van der Waals surface area contributed by atoms with Crippen molar-refractivity contribution in [3.05, 3.63) is 41.9 Å². The Kier molecular flexibility index (Phi) is 4.34. The van der Waals surface area contributed by atoms with Crippen LogP contribution >= 0.6 is 0 Å². The van der Waals surface area contributed by atoms with Crippen LogP contribution in [-0.2, 0) is 16.6 Å². The van der Waals surface area contributed by atoms with Crippen LogP contribution in [0.5, 0.6) is 0 Å². The number of anilines is 1. The number of nitrogens with one attached hydrogen (secondary N) is 1. The number of hydrogen-bond donors (Lipinski definition) is 1. The topological polar surface area (TPSA) is 69.3 Å². The number of aromatic nitrogens is 2. The summed E-state index contributed by atoms with van der Waals surface area (Å²) >= 11 is 0. The fraction of sp³-hybridized carbons (Fsp3) is 0.357. The van der Waals surface area contributed by atoms with Crippen LogP contribution in [0.2, 0.25) is 0 Å². The molecule has 1 N–H and O–H groups in total. The number of aryl methyl sites for hydroxylation is 1. The van der Waals surface area contributed by atoms with Crippen molar-refractivity contribution < 1.29 is 8.42 Å². The van der Waals surface area contributed by atoms with Crippen LogP contribution in [-0.4, -0.2) is 43.8 Å². The number of rotatable bonds is 5. The molecule has 1 aromatic heterocycles. The number of nitrogens with zero attached hydrogens (tertiary/aromatic N) is 3. The smallest absolute Gasteiger partial charge is 0.260 e. The molecular weight excluding hydrogens is 288 g/mol. The van der Waals surface area contributed by atoms with Gasteiger partial charge in [0.05, 0.1) is 6.20 Å². The molecule has 2 aromatic rings. The van der Waals surface area contributed by atoms with Crippen molar-refractivity contribution in [1.82, 2.24) is 14.3 Å². The van der Waals surface area contributed by atoms with Crippen LogP contribution in [0.1, 0.15) is 11.4 Å². The highest BCUT2D eigenvalue weighted by molar-refractivity contribution is 7.89. The van der Waals surface area contributed by atoms with Crippen LogP contribution in [0.25, 0.3) is 0 Å². The fourth-order valence-corrected chi connectivity index (χ4v) is 3.06. The van der Waals surface area contributed by atoms with Crippen LogP contribution in [0.15, 0.2) is 35.5 Å². The molecule has 0 radical (unpaired) electrons. The van der Waals surface area contributed by atoms with Gasteiger partial charge in [-0.15, -0.1) is 0 Å². The third-order valence-electron chi connectivity index (χ3n) is 3.23. The van der Waals surface area contributed by atoms with Gasteiger partial charge < -0.3 is 9.88 Å². The molecule has 6 nitrogen and oxygen atoms in total. The molecule has 0 aliphatic heterocycles. The van der Waals surface area contributed by atoms with Gasteiger partial charge in [-0.3, -0.25) is 0 Å². The van der Waals surface area contributed by atoms with Crippen molar-refractivity contribution in [2.75, 3.05) is 26.0 Å². The molecule has 0 fully saturated rings. The molecule has 114 valence electrons. The summed E-state index contributed by atoms with van der Waals surface area (Å²) in [7, 11) is 1.95. The zero-order valence-electron chi connectivity index (χ0n) is 12.7. The van der Waals surface area contributed by atoms with E-state index in [1.807, 2.05) is 43.3 Å². The van der Waals surface area contributed by atoms with E-state index >= 15 is 0 Å². The van der Waals surface area contributed by atoms with E-state index in [2.05, 4.69) is 9.97 Å². The zero-order valence-corrected chi connectivity index (χ0v) is 13.5. The number of benzene rings is 1. The molecule has 0 atom stereocenters. The van der Waals surface area contributed by atoms with E-state index in [0.29, 0.717) is 12.4 Å². The summed E-state index contributed by atoms with van der Waals surface area (Å²) in [5, 5.41) is 0.118. The summed E-state index contributed by atoms with van der Waals surface area (Å²) in [6.45, 7) is 2.03. The van der Waals surface area contributed by atoms with Gasteiger partial charge in [-0.05, 0) is 24.6 Å². The first-order chi connectivity index (χ1) is 9.80. The lowest BCUT2D eigenvalue weighted by Gasteiger charge is -2.17. The van der Waals surface area contributed by atoms with Crippen molar-refractivity contribution >= 4 is 15.7 Å². The minimum atomic E-state index is -3.54. The van der Waals surface area contributed by atoms with Gasteiger partial charge >= 0.3 is 0 Å². The van der Waals surface area contributed by atoms with E-state index in [0.717, 1.165) is 11.3 Å². The molecule has 0 saturated carbocycles. The normalized spacial score (nSPS) is 11.9. The Bertz CT molecular complexity index is 705. The highest BCUT2D eigenvalue weighted by atomic mass is 32.2. The first kappa shape index (κ1) is 15.5. The molecule has 0 unspecified atom stereocenters. The second kappa shape index (κ2) is 5.87. The summed E-state index contributed by atoms with van der Waals surface area (Å²) in [6, 6.07) is 7.80. The molecular formula is C14H20N4O2S. The third kappa shape index (κ3) is 3.43. The van der Waals surface area contributed by atoms with Crippen LogP contribution < -0.4 is 4.90 Å². The van der Waals surface area contributed by atoms with Crippen molar-refractivity contribution in [1.29, 1.82) is 0 Å². The summed E-state index contributed by atoms with van der Waals surface area (Å²) in [4.78, 5) is 8.69. The van der Waals surface area contributed by atoms with E-state index in [-0.39, 0.29) is 5.03 Å². The van der Waals surface area contributed by atoms with Gasteiger partial charge in [0.15, 0.2) is 5.03 Å². The van der Waals surface area contributed by atoms with Crippen molar-refractivity contribution in [3.63, 3.8) is 0 Å². The van der Waals surface area contributed by atoms with Crippen molar-refractivity contribution in [3.8, 4) is 0 Å². The van der Waals surface area contributed by atoms with Crippen LogP contribution in [0, 0.1) is 6.92 Å². The second-order valence-corrected chi connectivity index (χ2v) is 7.17. The Balaban J connectivity index is 2.15. The minimum absolute atomic E-state index is 0.118. The lowest BCUT2D eigenvalue weighted by Crippen LogP contribution is -2.26. The highest BCUT2D eigenvalue weighted by Crippen LogP contribution is 2.17. The Labute approximate surface area is 125 Å². The van der Waals surface area contributed by atoms with Gasteiger partial charge in [0, 0.05) is 33.4 Å². The van der Waals surface area contributed by atoms with E-state index < -0.39 is 10.0 Å². The summed E-state index contributed by atoms with van der Waals surface area (Å²) in [5.41, 5.74) is 2.01. The van der Waals surface area contributed by atoms with Crippen LogP contribution in [0.4, 0.5) is 5.69 Å². The van der Waals surface area contributed by atoms with Gasteiger partial charge in [0.2, 0.25) is 0 Å². The molecule has 1 heterocycles. The molecule has 0 saturated heterocycles. The molecule has 0 aliphatic rings. The summed E-state index contributed by atoms with van der Waals surface area (Å²) < 4.78 is 26.1. The maximum Gasteiger partial charge on any atom is 0.260 e. The van der Waals surface area contributed by atoms with E-state index in [4.69, 9.17) is 0 Å². The SMILES string of the molecule is Cc1ncc(S(=O)(=O)N(C)Cc2ccc(N(C)C)cc2)[nH]1. The van der Waals surface area contributed by atoms with Crippen molar-refractivity contribution in [2.45, 2.75) is 18.5 Å². The zero-order chi connectivity index (χ0) is 15.6. The Morgan fingerprint density at radius 1 is 1.14 bits per heavy atom. The van der Waals surface area contributed by atoms with E-state index in [1.54, 1.807) is 14.0 Å². The molecule has 0 aliphatic carbocycles. The predicted molar refractivity (Wildman–Crippen MR) is 82.7 cm³/mol. The average molecular weight is 308 g/mol. The Morgan fingerprint density at radius 3 is 2.24 bits per heavy atom. The van der Waals surface area contributed by atoms with Gasteiger partial charge in [0.25, 0.3) is 10.0 Å². The number of hydrogen-bond acceptors (Lipinski definition) is 4. The third-order valence-corrected chi connectivity index (χ3v) is 4.94. The van der Waals surface area contributed by atoms with E-state index in [9.17, 15) is 8.42 Å². The standard InChI is InChI=1S/C14H20N4O2S/c1-11-15-9-14(16-11)21(19,20)18(4)10-12-5-7-13(8-6-12)17(2)3/h5-9H,10H2,1-4H3,(H,15,16). The number of H-pyrrole nitrogens is 1. The molecule has 7 heteroatoms. The lowest BCUT2D eigenvalue weighted by molar-refractivity contribution is 0.464. The Hall–Kier alpha value is -1.86. The maximum absolute atomic E-state index is 12.4. The minimum Gasteiger partial charge on any atom is -0.378 e. The molecule has 0 spiro atoms. The first-order valence-electron chi connectivity index (χ1n) is 6.55. The summed E-state index contributed by atoms with van der Waals surface area (Å²) in [6.07, 6.45) is 1.34. The number of imidazole rings is 1. The van der Waals surface area contributed by atoms with Crippen LogP contribution in [0.3, 0.4) is 0 Å². The van der Waals surface area contributed by atoms with Gasteiger partial charge in [0.1, 0.15) is 5.82 Å². The number of aromatic amines is 1. The second-order valence-electron chi connectivity index (χ2n) is 5.15. The lowest BCUT2D eigenvalue weighted by atomic mass is 10.2. The van der Waals surface area contributed by atoms with Gasteiger partial charge in [-0.1, -0.05) is 12.1 Å². The van der Waals surface area contributed by atoms with Gasteiger partial charge in [-0.25, -0.2) is 13.4 Å². The maximum atomic E-state index is 12.4. The largest absolute Gasteiger partial charge is 0.378 e. The quantitative estimate of drug-likeness (QED) is 0.911. The van der Waals surface area contributed by atoms with Gasteiger partial charge in [-0.2, -0.15) is 4.31 Å². The monoisotopic (exact) mass is 308 g/mol. The number of sulfonamides is 1. The fourth-order valence-electron chi connectivity index (χ4n) is 1.94. The molecule has 21 heavy (non-hydrogen) atoms. The summed E-state index contributed by atoms with van der Waals surface area (Å²) in [5.74, 6) is 0.581. The predicted octanol–water partition coefficient (Wildman–Crippen LogP) is 1.60. The molecule has 2 rings (SSSR count). The van der Waals surface area contributed by atoms with Crippen molar-refractivity contribution in [2.24, 2.45) is 0 Å². The Morgan fingerprint density at radius 2 is 1.76 bits per heavy atom. The molecule has 1 aromatic carbocycles. The molecule has 0 bridgehead atoms. The highest BCUT2D eigenvalue weighted by Gasteiger charge is 2.22. The van der Waals surface area contributed by atoms with E-state index in [1.165, 1.54) is 10.5 Å². The average Bonchev–Trinajstić information content (AvgIpc) is 2.86. The molecule has 0 amide bonds. The first-order valence-corrected chi connectivity index (χ1v) is 7.99.